The fourth-order valence-electron chi connectivity index (χ4n) is 4.66. The number of hydrogen-bond donors (Lipinski definition) is 3. The number of anilines is 1. The number of fused-ring (bicyclic) bond motifs is 1. The van der Waals surface area contributed by atoms with E-state index in [4.69, 9.17) is 0 Å². The van der Waals surface area contributed by atoms with E-state index in [9.17, 15) is 39.5 Å². The lowest BCUT2D eigenvalue weighted by molar-refractivity contribution is -0.384. The Kier molecular flexibility index (Phi) is 5.71. The van der Waals surface area contributed by atoms with Crippen LogP contribution in [0.15, 0.2) is 60.7 Å². The van der Waals surface area contributed by atoms with Gasteiger partial charge in [-0.05, 0) is 11.6 Å². The number of nitrogens with one attached hydrogen (secondary N) is 1. The number of benzene rings is 2. The summed E-state index contributed by atoms with van der Waals surface area (Å²) >= 11 is 0. The van der Waals surface area contributed by atoms with Crippen molar-refractivity contribution in [1.29, 1.82) is 0 Å². The van der Waals surface area contributed by atoms with Gasteiger partial charge in [-0.3, -0.25) is 34.6 Å². The summed E-state index contributed by atoms with van der Waals surface area (Å²) in [5, 5.41) is 33.3. The fraction of sp³-hybridized carbons (Fsp3) is 0.217. The van der Waals surface area contributed by atoms with Gasteiger partial charge in [-0.25, -0.2) is 4.90 Å². The molecular formula is C23H19N3O8. The monoisotopic (exact) mass is 465 g/mol. The van der Waals surface area contributed by atoms with Gasteiger partial charge in [0.1, 0.15) is 5.54 Å². The lowest BCUT2D eigenvalue weighted by Gasteiger charge is -2.29. The number of nitro groups is 1. The first kappa shape index (κ1) is 22.8. The number of carboxylic acid groups (broad SMARTS) is 2. The van der Waals surface area contributed by atoms with Crippen LogP contribution in [0.2, 0.25) is 0 Å². The second kappa shape index (κ2) is 8.52. The van der Waals surface area contributed by atoms with Gasteiger partial charge >= 0.3 is 11.9 Å². The van der Waals surface area contributed by atoms with E-state index in [1.165, 1.54) is 24.3 Å². The number of amides is 2. The van der Waals surface area contributed by atoms with Crippen LogP contribution in [0.1, 0.15) is 12.0 Å². The van der Waals surface area contributed by atoms with Gasteiger partial charge in [-0.15, -0.1) is 0 Å². The van der Waals surface area contributed by atoms with Crippen LogP contribution in [-0.2, 0) is 19.2 Å². The molecule has 2 saturated heterocycles. The highest BCUT2D eigenvalue weighted by atomic mass is 16.6. The molecule has 0 saturated carbocycles. The number of carboxylic acids is 2. The van der Waals surface area contributed by atoms with E-state index in [0.29, 0.717) is 4.90 Å². The minimum Gasteiger partial charge on any atom is -0.481 e. The Morgan fingerprint density at radius 2 is 1.79 bits per heavy atom. The molecule has 3 N–H and O–H groups in total. The van der Waals surface area contributed by atoms with E-state index in [2.05, 4.69) is 5.32 Å². The maximum Gasteiger partial charge on any atom is 0.325 e. The van der Waals surface area contributed by atoms with Gasteiger partial charge in [0.2, 0.25) is 11.8 Å². The third-order valence-corrected chi connectivity index (χ3v) is 6.10. The van der Waals surface area contributed by atoms with Gasteiger partial charge in [0.25, 0.3) is 5.69 Å². The first-order valence-electron chi connectivity index (χ1n) is 10.2. The first-order chi connectivity index (χ1) is 16.2. The normalized spacial score (nSPS) is 26.1. The van der Waals surface area contributed by atoms with Crippen molar-refractivity contribution in [3.63, 3.8) is 0 Å². The molecule has 174 valence electrons. The molecule has 2 aliphatic heterocycles. The Bertz CT molecular complexity index is 1230. The number of non-ortho nitro benzene ring substituents is 1. The predicted octanol–water partition coefficient (Wildman–Crippen LogP) is 1.68. The van der Waals surface area contributed by atoms with Crippen LogP contribution in [0.5, 0.6) is 0 Å². The average molecular weight is 465 g/mol. The molecule has 2 aromatic rings. The Morgan fingerprint density at radius 3 is 2.41 bits per heavy atom. The van der Waals surface area contributed by atoms with Crippen molar-refractivity contribution in [2.45, 2.75) is 18.0 Å². The highest BCUT2D eigenvalue weighted by Crippen LogP contribution is 2.46. The summed E-state index contributed by atoms with van der Waals surface area (Å²) in [6, 6.07) is 12.8. The minimum absolute atomic E-state index is 0.0843. The van der Waals surface area contributed by atoms with Gasteiger partial charge in [0.05, 0.1) is 28.9 Å². The van der Waals surface area contributed by atoms with Crippen LogP contribution in [0.25, 0.3) is 6.08 Å². The lowest BCUT2D eigenvalue weighted by Crippen LogP contribution is -2.57. The molecule has 11 nitrogen and oxygen atoms in total. The standard InChI is InChI=1S/C23H19N3O8/c27-17(28)12-23(22(31)32)19-18(16(24-23)10-9-13-5-2-1-3-6-13)20(29)25(21(19)30)14-7-4-8-15(11-14)26(33)34/h1-11,16,18-19,24H,12H2,(H,27,28)(H,31,32)/b10-9+. The van der Waals surface area contributed by atoms with Crippen LogP contribution >= 0.6 is 0 Å². The van der Waals surface area contributed by atoms with Crippen molar-refractivity contribution < 1.29 is 34.3 Å². The minimum atomic E-state index is -2.25. The molecule has 2 amide bonds. The van der Waals surface area contributed by atoms with Crippen molar-refractivity contribution >= 4 is 41.2 Å². The Labute approximate surface area is 192 Å². The summed E-state index contributed by atoms with van der Waals surface area (Å²) in [7, 11) is 0. The number of carbonyl (C=O) groups excluding carboxylic acids is 2. The molecule has 0 radical (unpaired) electrons. The molecule has 4 unspecified atom stereocenters. The van der Waals surface area contributed by atoms with Crippen LogP contribution in [-0.4, -0.2) is 50.5 Å². The summed E-state index contributed by atoms with van der Waals surface area (Å²) in [6.45, 7) is 0. The zero-order valence-corrected chi connectivity index (χ0v) is 17.5. The first-order valence-corrected chi connectivity index (χ1v) is 10.2. The van der Waals surface area contributed by atoms with Crippen molar-refractivity contribution in [2.75, 3.05) is 4.90 Å². The Hall–Kier alpha value is -4.38. The lowest BCUT2D eigenvalue weighted by atomic mass is 9.78. The average Bonchev–Trinajstić information content (AvgIpc) is 3.26. The Balaban J connectivity index is 1.80. The molecule has 34 heavy (non-hydrogen) atoms. The van der Waals surface area contributed by atoms with Crippen molar-refractivity contribution in [3.05, 3.63) is 76.4 Å². The third kappa shape index (κ3) is 3.71. The summed E-state index contributed by atoms with van der Waals surface area (Å²) in [5.41, 5.74) is -1.94. The smallest absolute Gasteiger partial charge is 0.325 e. The van der Waals surface area contributed by atoms with Gasteiger partial charge in [0, 0.05) is 18.2 Å². The van der Waals surface area contributed by atoms with Gasteiger partial charge in [0.15, 0.2) is 0 Å². The molecule has 2 aliphatic rings. The molecule has 4 rings (SSSR count). The molecule has 2 heterocycles. The topological polar surface area (TPSA) is 167 Å². The van der Waals surface area contributed by atoms with E-state index >= 15 is 0 Å². The SMILES string of the molecule is O=C(O)CC1(C(=O)O)NC(/C=C/c2ccccc2)C2C(=O)N(c3cccc([N+](=O)[O-])c3)C(=O)C21. The van der Waals surface area contributed by atoms with E-state index in [1.807, 2.05) is 0 Å². The molecule has 0 bridgehead atoms. The van der Waals surface area contributed by atoms with Gasteiger partial charge in [-0.1, -0.05) is 48.6 Å². The largest absolute Gasteiger partial charge is 0.481 e. The summed E-state index contributed by atoms with van der Waals surface area (Å²) in [6.07, 6.45) is 2.23. The molecular weight excluding hydrogens is 446 g/mol. The zero-order chi connectivity index (χ0) is 24.6. The van der Waals surface area contributed by atoms with E-state index in [0.717, 1.165) is 11.6 Å². The van der Waals surface area contributed by atoms with Gasteiger partial charge in [-0.2, -0.15) is 0 Å². The molecule has 0 spiro atoms. The quantitative estimate of drug-likeness (QED) is 0.313. The zero-order valence-electron chi connectivity index (χ0n) is 17.5. The molecule has 11 heteroatoms. The van der Waals surface area contributed by atoms with E-state index < -0.39 is 58.5 Å². The van der Waals surface area contributed by atoms with Crippen molar-refractivity contribution in [3.8, 4) is 0 Å². The number of aliphatic carboxylic acids is 2. The summed E-state index contributed by atoms with van der Waals surface area (Å²) in [5.74, 6) is -7.49. The van der Waals surface area contributed by atoms with Crippen LogP contribution in [0.3, 0.4) is 0 Å². The molecule has 2 fully saturated rings. The maximum absolute atomic E-state index is 13.4. The number of hydrogen-bond acceptors (Lipinski definition) is 7. The van der Waals surface area contributed by atoms with Crippen LogP contribution in [0.4, 0.5) is 11.4 Å². The molecule has 0 aliphatic carbocycles. The van der Waals surface area contributed by atoms with Gasteiger partial charge < -0.3 is 10.2 Å². The second-order valence-corrected chi connectivity index (χ2v) is 8.08. The third-order valence-electron chi connectivity index (χ3n) is 6.10. The highest BCUT2D eigenvalue weighted by Gasteiger charge is 2.68. The summed E-state index contributed by atoms with van der Waals surface area (Å²) in [4.78, 5) is 62.0. The number of rotatable bonds is 7. The fourth-order valence-corrected chi connectivity index (χ4v) is 4.66. The number of nitrogens with zero attached hydrogens (tertiary/aromatic N) is 2. The van der Waals surface area contributed by atoms with Crippen molar-refractivity contribution in [2.24, 2.45) is 11.8 Å². The van der Waals surface area contributed by atoms with Crippen LogP contribution in [0, 0.1) is 22.0 Å². The molecule has 0 aromatic heterocycles. The van der Waals surface area contributed by atoms with E-state index in [-0.39, 0.29) is 11.4 Å². The maximum atomic E-state index is 13.4. The summed E-state index contributed by atoms with van der Waals surface area (Å²) < 4.78 is 0. The number of nitro benzene ring substituents is 1. The predicted molar refractivity (Wildman–Crippen MR) is 118 cm³/mol. The highest BCUT2D eigenvalue weighted by molar-refractivity contribution is 6.24. The number of imide groups is 1. The van der Waals surface area contributed by atoms with Crippen LogP contribution < -0.4 is 10.2 Å². The second-order valence-electron chi connectivity index (χ2n) is 8.08. The molecule has 4 atom stereocenters. The molecule has 2 aromatic carbocycles. The number of carbonyl (C=O) groups is 4. The van der Waals surface area contributed by atoms with E-state index in [1.54, 1.807) is 36.4 Å². The van der Waals surface area contributed by atoms with Crippen molar-refractivity contribution in [1.82, 2.24) is 5.32 Å². The Morgan fingerprint density at radius 1 is 1.09 bits per heavy atom.